The molecule has 4 heteroatoms. The average molecular weight is 275 g/mol. The number of rotatable bonds is 4. The van der Waals surface area contributed by atoms with Crippen LogP contribution in [-0.4, -0.2) is 17.6 Å². The van der Waals surface area contributed by atoms with Crippen molar-refractivity contribution < 1.29 is 14.6 Å². The molecule has 0 radical (unpaired) electrons. The summed E-state index contributed by atoms with van der Waals surface area (Å²) >= 11 is 0. The molecule has 1 aromatic rings. The van der Waals surface area contributed by atoms with Gasteiger partial charge in [-0.2, -0.15) is 0 Å². The normalized spacial score (nSPS) is 20.1. The van der Waals surface area contributed by atoms with Crippen molar-refractivity contribution in [2.75, 3.05) is 11.9 Å². The first-order valence-electron chi connectivity index (χ1n) is 7.47. The summed E-state index contributed by atoms with van der Waals surface area (Å²) in [4.78, 5) is 11.3. The summed E-state index contributed by atoms with van der Waals surface area (Å²) in [5.74, 6) is 1.32. The van der Waals surface area contributed by atoms with E-state index in [1.54, 1.807) is 0 Å². The Labute approximate surface area is 119 Å². The van der Waals surface area contributed by atoms with E-state index in [4.69, 9.17) is 4.74 Å². The van der Waals surface area contributed by atoms with Gasteiger partial charge in [0.05, 0.1) is 11.8 Å². The molecule has 20 heavy (non-hydrogen) atoms. The molecule has 0 spiro atoms. The molecular weight excluding hydrogens is 254 g/mol. The number of benzene rings is 1. The monoisotopic (exact) mass is 275 g/mol. The van der Waals surface area contributed by atoms with Gasteiger partial charge < -0.3 is 15.2 Å². The van der Waals surface area contributed by atoms with E-state index in [0.717, 1.165) is 24.3 Å². The Morgan fingerprint density at radius 3 is 2.95 bits per heavy atom. The quantitative estimate of drug-likeness (QED) is 0.888. The zero-order valence-electron chi connectivity index (χ0n) is 11.6. The van der Waals surface area contributed by atoms with Crippen molar-refractivity contribution in [2.24, 2.45) is 5.92 Å². The van der Waals surface area contributed by atoms with Crippen molar-refractivity contribution in [3.05, 3.63) is 23.8 Å². The number of carbonyl (C=O) groups excluding carboxylic acids is 1. The Morgan fingerprint density at radius 2 is 2.15 bits per heavy atom. The second kappa shape index (κ2) is 5.83. The van der Waals surface area contributed by atoms with Gasteiger partial charge in [0.15, 0.2) is 6.61 Å². The number of aliphatic hydroxyl groups is 1. The van der Waals surface area contributed by atoms with E-state index in [2.05, 4.69) is 5.32 Å². The maximum absolute atomic E-state index is 11.3. The first-order valence-corrected chi connectivity index (χ1v) is 7.47. The maximum Gasteiger partial charge on any atom is 0.262 e. The van der Waals surface area contributed by atoms with E-state index in [9.17, 15) is 9.90 Å². The van der Waals surface area contributed by atoms with Gasteiger partial charge in [-0.15, -0.1) is 0 Å². The van der Waals surface area contributed by atoms with Crippen molar-refractivity contribution in [1.29, 1.82) is 0 Å². The maximum atomic E-state index is 11.3. The molecule has 108 valence electrons. The number of amides is 1. The van der Waals surface area contributed by atoms with E-state index in [1.165, 1.54) is 25.7 Å². The molecule has 0 bridgehead atoms. The minimum Gasteiger partial charge on any atom is -0.482 e. The number of hydrogen-bond donors (Lipinski definition) is 2. The summed E-state index contributed by atoms with van der Waals surface area (Å²) in [7, 11) is 0. The van der Waals surface area contributed by atoms with Crippen molar-refractivity contribution >= 4 is 11.6 Å². The lowest BCUT2D eigenvalue weighted by molar-refractivity contribution is -0.118. The first-order chi connectivity index (χ1) is 9.72. The fourth-order valence-electron chi connectivity index (χ4n) is 3.17. The predicted molar refractivity (Wildman–Crippen MR) is 76.7 cm³/mol. The second-order valence-corrected chi connectivity index (χ2v) is 5.84. The first kappa shape index (κ1) is 13.4. The number of fused-ring (bicyclic) bond motifs is 1. The Morgan fingerprint density at radius 1 is 1.35 bits per heavy atom. The third-order valence-corrected chi connectivity index (χ3v) is 4.34. The average Bonchev–Trinajstić information content (AvgIpc) is 2.97. The van der Waals surface area contributed by atoms with E-state index in [0.29, 0.717) is 11.4 Å². The molecule has 3 rings (SSSR count). The summed E-state index contributed by atoms with van der Waals surface area (Å²) in [6.07, 6.45) is 6.70. The third-order valence-electron chi connectivity index (χ3n) is 4.34. The molecular formula is C16H21NO3. The fourth-order valence-corrected chi connectivity index (χ4v) is 3.17. The molecule has 0 saturated heterocycles. The molecule has 1 heterocycles. The molecule has 1 saturated carbocycles. The number of aliphatic hydroxyl groups excluding tert-OH is 1. The highest BCUT2D eigenvalue weighted by atomic mass is 16.5. The van der Waals surface area contributed by atoms with E-state index in [-0.39, 0.29) is 12.5 Å². The lowest BCUT2D eigenvalue weighted by atomic mass is 9.96. The number of anilines is 1. The minimum absolute atomic E-state index is 0.0661. The van der Waals surface area contributed by atoms with Crippen LogP contribution in [0.15, 0.2) is 18.2 Å². The lowest BCUT2D eigenvalue weighted by Crippen LogP contribution is -2.25. The van der Waals surface area contributed by atoms with Gasteiger partial charge in [-0.05, 0) is 36.5 Å². The summed E-state index contributed by atoms with van der Waals surface area (Å²) in [6, 6.07) is 5.53. The predicted octanol–water partition coefficient (Wildman–Crippen LogP) is 3.02. The number of carbonyl (C=O) groups is 1. The molecule has 1 atom stereocenters. The Hall–Kier alpha value is -1.55. The largest absolute Gasteiger partial charge is 0.482 e. The third kappa shape index (κ3) is 2.96. The van der Waals surface area contributed by atoms with Crippen LogP contribution in [0.25, 0.3) is 0 Å². The zero-order valence-corrected chi connectivity index (χ0v) is 11.6. The van der Waals surface area contributed by atoms with Gasteiger partial charge in [-0.3, -0.25) is 4.79 Å². The van der Waals surface area contributed by atoms with Gasteiger partial charge in [0.1, 0.15) is 5.75 Å². The standard InChI is InChI=1S/C16H21NO3/c18-14(7-5-11-3-1-2-4-11)12-6-8-15-13(9-12)17-16(19)10-20-15/h6,8-9,11,14,18H,1-5,7,10H2,(H,17,19). The van der Waals surface area contributed by atoms with E-state index in [1.807, 2.05) is 18.2 Å². The molecule has 1 fully saturated rings. The van der Waals surface area contributed by atoms with Crippen LogP contribution in [0.4, 0.5) is 5.69 Å². The van der Waals surface area contributed by atoms with Crippen molar-refractivity contribution in [2.45, 2.75) is 44.6 Å². The van der Waals surface area contributed by atoms with Crippen LogP contribution in [0.1, 0.15) is 50.2 Å². The van der Waals surface area contributed by atoms with E-state index >= 15 is 0 Å². The molecule has 1 amide bonds. The van der Waals surface area contributed by atoms with Crippen LogP contribution in [0, 0.1) is 5.92 Å². The highest BCUT2D eigenvalue weighted by Gasteiger charge is 2.20. The molecule has 1 aliphatic heterocycles. The second-order valence-electron chi connectivity index (χ2n) is 5.84. The van der Waals surface area contributed by atoms with Crippen molar-refractivity contribution in [3.63, 3.8) is 0 Å². The van der Waals surface area contributed by atoms with Crippen LogP contribution in [0.2, 0.25) is 0 Å². The van der Waals surface area contributed by atoms with E-state index < -0.39 is 6.10 Å². The number of ether oxygens (including phenoxy) is 1. The lowest BCUT2D eigenvalue weighted by Gasteiger charge is -2.20. The Balaban J connectivity index is 1.63. The summed E-state index contributed by atoms with van der Waals surface area (Å²) < 4.78 is 5.32. The topological polar surface area (TPSA) is 58.6 Å². The molecule has 4 nitrogen and oxygen atoms in total. The van der Waals surface area contributed by atoms with Gasteiger partial charge in [0.2, 0.25) is 0 Å². The van der Waals surface area contributed by atoms with Crippen LogP contribution >= 0.6 is 0 Å². The van der Waals surface area contributed by atoms with Crippen molar-refractivity contribution in [1.82, 2.24) is 0 Å². The highest BCUT2D eigenvalue weighted by molar-refractivity contribution is 5.95. The SMILES string of the molecule is O=C1COc2ccc(C(O)CCC3CCCC3)cc2N1. The van der Waals surface area contributed by atoms with Gasteiger partial charge in [0.25, 0.3) is 5.91 Å². The fraction of sp³-hybridized carbons (Fsp3) is 0.562. The summed E-state index contributed by atoms with van der Waals surface area (Å²) in [5, 5.41) is 13.1. The molecule has 1 unspecified atom stereocenters. The number of hydrogen-bond acceptors (Lipinski definition) is 3. The molecule has 1 aliphatic carbocycles. The van der Waals surface area contributed by atoms with Gasteiger partial charge in [-0.25, -0.2) is 0 Å². The van der Waals surface area contributed by atoms with Crippen LogP contribution < -0.4 is 10.1 Å². The van der Waals surface area contributed by atoms with Gasteiger partial charge in [0, 0.05) is 0 Å². The Kier molecular flexibility index (Phi) is 3.92. The van der Waals surface area contributed by atoms with Crippen molar-refractivity contribution in [3.8, 4) is 5.75 Å². The minimum atomic E-state index is -0.459. The smallest absolute Gasteiger partial charge is 0.262 e. The van der Waals surface area contributed by atoms with Crippen LogP contribution in [-0.2, 0) is 4.79 Å². The number of nitrogens with one attached hydrogen (secondary N) is 1. The molecule has 0 aromatic heterocycles. The molecule has 1 aromatic carbocycles. The highest BCUT2D eigenvalue weighted by Crippen LogP contribution is 2.34. The van der Waals surface area contributed by atoms with Gasteiger partial charge in [-0.1, -0.05) is 31.7 Å². The summed E-state index contributed by atoms with van der Waals surface area (Å²) in [5.41, 5.74) is 1.52. The molecule has 2 aliphatic rings. The van der Waals surface area contributed by atoms with Crippen LogP contribution in [0.3, 0.4) is 0 Å². The van der Waals surface area contributed by atoms with Gasteiger partial charge >= 0.3 is 0 Å². The zero-order chi connectivity index (χ0) is 13.9. The van der Waals surface area contributed by atoms with Crippen LogP contribution in [0.5, 0.6) is 5.75 Å². The summed E-state index contributed by atoms with van der Waals surface area (Å²) in [6.45, 7) is 0.0661. The molecule has 2 N–H and O–H groups in total. The Bertz CT molecular complexity index is 494.